The number of nitrogens with zero attached hydrogens (tertiary/aromatic N) is 3. The van der Waals surface area contributed by atoms with Gasteiger partial charge in [-0.1, -0.05) is 0 Å². The predicted octanol–water partition coefficient (Wildman–Crippen LogP) is 4.68. The second-order valence-electron chi connectivity index (χ2n) is 7.37. The molecule has 186 valence electrons. The molecule has 1 aromatic carbocycles. The van der Waals surface area contributed by atoms with Gasteiger partial charge < -0.3 is 29.7 Å². The molecule has 9 nitrogen and oxygen atoms in total. The first-order chi connectivity index (χ1) is 16.8. The van der Waals surface area contributed by atoms with Gasteiger partial charge in [-0.25, -0.2) is 14.8 Å². The molecule has 0 atom stereocenters. The standard InChI is InChI=1S/C22H22F3N5O4S/c1-32-17-9-13(30-5-7-34-8-6-30)3-4-15(17)28-18-10-16(14(11-26-18)22(23,24)25)29-20-19(21(31)33-2)27-12-35-20/h3-4,9-12H,5-8H2,1-2H3,(H2,26,28,29). The summed E-state index contributed by atoms with van der Waals surface area (Å²) in [6.07, 6.45) is -3.96. The maximum Gasteiger partial charge on any atom is 0.419 e. The molecule has 2 N–H and O–H groups in total. The number of halogens is 3. The third-order valence-electron chi connectivity index (χ3n) is 5.23. The average molecular weight is 510 g/mol. The maximum absolute atomic E-state index is 13.7. The molecule has 3 aromatic rings. The number of nitrogens with one attached hydrogen (secondary N) is 2. The number of hydrogen-bond donors (Lipinski definition) is 2. The minimum absolute atomic E-state index is 0.114. The highest BCUT2D eigenvalue weighted by molar-refractivity contribution is 7.14. The van der Waals surface area contributed by atoms with Crippen LogP contribution in [0, 0.1) is 0 Å². The molecule has 2 aromatic heterocycles. The Labute approximate surface area is 202 Å². The number of esters is 1. The first-order valence-electron chi connectivity index (χ1n) is 10.4. The summed E-state index contributed by atoms with van der Waals surface area (Å²) in [5, 5.41) is 5.78. The number of anilines is 5. The second-order valence-corrected chi connectivity index (χ2v) is 8.22. The van der Waals surface area contributed by atoms with Crippen molar-refractivity contribution in [1.29, 1.82) is 0 Å². The largest absolute Gasteiger partial charge is 0.494 e. The van der Waals surface area contributed by atoms with Crippen molar-refractivity contribution in [3.05, 3.63) is 47.2 Å². The van der Waals surface area contributed by atoms with Crippen LogP contribution in [0.25, 0.3) is 0 Å². The van der Waals surface area contributed by atoms with Gasteiger partial charge in [0.1, 0.15) is 16.6 Å². The van der Waals surface area contributed by atoms with E-state index in [4.69, 9.17) is 9.47 Å². The quantitative estimate of drug-likeness (QED) is 0.440. The van der Waals surface area contributed by atoms with Crippen LogP contribution in [0.2, 0.25) is 0 Å². The number of carbonyl (C=O) groups excluding carboxylic acids is 1. The van der Waals surface area contributed by atoms with Gasteiger partial charge in [-0.15, -0.1) is 11.3 Å². The molecule has 13 heteroatoms. The van der Waals surface area contributed by atoms with E-state index < -0.39 is 17.7 Å². The van der Waals surface area contributed by atoms with Gasteiger partial charge in [-0.3, -0.25) is 0 Å². The molecule has 0 amide bonds. The monoisotopic (exact) mass is 509 g/mol. The second kappa shape index (κ2) is 10.4. The summed E-state index contributed by atoms with van der Waals surface area (Å²) < 4.78 is 56.5. The Bertz CT molecular complexity index is 1200. The number of methoxy groups -OCH3 is 2. The molecule has 35 heavy (non-hydrogen) atoms. The van der Waals surface area contributed by atoms with Crippen molar-refractivity contribution < 1.29 is 32.2 Å². The number of aromatic nitrogens is 2. The lowest BCUT2D eigenvalue weighted by Gasteiger charge is -2.29. The van der Waals surface area contributed by atoms with E-state index in [0.29, 0.717) is 24.7 Å². The average Bonchev–Trinajstić information content (AvgIpc) is 3.32. The van der Waals surface area contributed by atoms with Gasteiger partial charge >= 0.3 is 12.1 Å². The highest BCUT2D eigenvalue weighted by Crippen LogP contribution is 2.39. The number of morpholine rings is 1. The van der Waals surface area contributed by atoms with E-state index >= 15 is 0 Å². The van der Waals surface area contributed by atoms with E-state index in [-0.39, 0.29) is 22.2 Å². The molecule has 1 aliphatic rings. The molecule has 0 radical (unpaired) electrons. The van der Waals surface area contributed by atoms with Crippen LogP contribution in [0.15, 0.2) is 36.0 Å². The molecule has 3 heterocycles. The fourth-order valence-electron chi connectivity index (χ4n) is 3.49. The molecule has 0 saturated carbocycles. The van der Waals surface area contributed by atoms with Crippen LogP contribution in [0.3, 0.4) is 0 Å². The summed E-state index contributed by atoms with van der Waals surface area (Å²) in [4.78, 5) is 21.9. The molecule has 0 aliphatic carbocycles. The number of benzene rings is 1. The van der Waals surface area contributed by atoms with Crippen LogP contribution in [0.1, 0.15) is 16.1 Å². The van der Waals surface area contributed by atoms with Crippen molar-refractivity contribution in [3.63, 3.8) is 0 Å². The highest BCUT2D eigenvalue weighted by atomic mass is 32.1. The zero-order valence-corrected chi connectivity index (χ0v) is 19.6. The van der Waals surface area contributed by atoms with Crippen LogP contribution in [-0.2, 0) is 15.7 Å². The number of rotatable bonds is 7. The Kier molecular flexibility index (Phi) is 7.26. The SMILES string of the molecule is COC(=O)c1ncsc1Nc1cc(Nc2ccc(N3CCOCC3)cc2OC)ncc1C(F)(F)F. The molecule has 1 saturated heterocycles. The van der Waals surface area contributed by atoms with Crippen molar-refractivity contribution in [3.8, 4) is 5.75 Å². The summed E-state index contributed by atoms with van der Waals surface area (Å²) >= 11 is 0.974. The topological polar surface area (TPSA) is 97.8 Å². The smallest absolute Gasteiger partial charge is 0.419 e. The molecular weight excluding hydrogens is 487 g/mol. The summed E-state index contributed by atoms with van der Waals surface area (Å²) in [5.41, 5.74) is 1.39. The normalized spacial score (nSPS) is 13.9. The van der Waals surface area contributed by atoms with E-state index in [1.807, 2.05) is 12.1 Å². The Hall–Kier alpha value is -3.58. The maximum atomic E-state index is 13.7. The van der Waals surface area contributed by atoms with E-state index in [0.717, 1.165) is 36.3 Å². The summed E-state index contributed by atoms with van der Waals surface area (Å²) in [7, 11) is 2.67. The first kappa shape index (κ1) is 24.5. The van der Waals surface area contributed by atoms with Gasteiger partial charge in [0.2, 0.25) is 0 Å². The number of alkyl halides is 3. The molecule has 4 rings (SSSR count). The summed E-state index contributed by atoms with van der Waals surface area (Å²) in [5.74, 6) is -0.123. The number of thiazole rings is 1. The third kappa shape index (κ3) is 5.57. The van der Waals surface area contributed by atoms with Crippen LogP contribution < -0.4 is 20.3 Å². The van der Waals surface area contributed by atoms with Gasteiger partial charge in [0.15, 0.2) is 5.69 Å². The number of carbonyl (C=O) groups is 1. The van der Waals surface area contributed by atoms with Gasteiger partial charge in [-0.05, 0) is 12.1 Å². The lowest BCUT2D eigenvalue weighted by Crippen LogP contribution is -2.36. The molecule has 0 spiro atoms. The molecule has 1 aliphatic heterocycles. The molecule has 1 fully saturated rings. The minimum Gasteiger partial charge on any atom is -0.494 e. The van der Waals surface area contributed by atoms with Crippen LogP contribution in [0.5, 0.6) is 5.75 Å². The fourth-order valence-corrected chi connectivity index (χ4v) is 4.17. The fraction of sp³-hybridized carbons (Fsp3) is 0.318. The first-order valence-corrected chi connectivity index (χ1v) is 11.3. The Balaban J connectivity index is 1.63. The Morgan fingerprint density at radius 2 is 1.89 bits per heavy atom. The lowest BCUT2D eigenvalue weighted by molar-refractivity contribution is -0.137. The summed E-state index contributed by atoms with van der Waals surface area (Å²) in [6.45, 7) is 2.75. The van der Waals surface area contributed by atoms with Gasteiger partial charge in [0, 0.05) is 37.1 Å². The molecular formula is C22H22F3N5O4S. The zero-order chi connectivity index (χ0) is 25.0. The molecule has 0 bridgehead atoms. The van der Waals surface area contributed by atoms with Crippen molar-refractivity contribution in [2.24, 2.45) is 0 Å². The number of ether oxygens (including phenoxy) is 3. The minimum atomic E-state index is -4.68. The Morgan fingerprint density at radius 1 is 1.11 bits per heavy atom. The number of pyridine rings is 1. The van der Waals surface area contributed by atoms with Crippen molar-refractivity contribution >= 4 is 45.2 Å². The lowest BCUT2D eigenvalue weighted by atomic mass is 10.2. The number of hydrogen-bond acceptors (Lipinski definition) is 10. The van der Waals surface area contributed by atoms with Crippen molar-refractivity contribution in [2.75, 3.05) is 56.1 Å². The van der Waals surface area contributed by atoms with E-state index in [2.05, 4.69) is 30.2 Å². The zero-order valence-electron chi connectivity index (χ0n) is 18.8. The van der Waals surface area contributed by atoms with Crippen LogP contribution in [-0.4, -0.2) is 56.5 Å². The van der Waals surface area contributed by atoms with Crippen LogP contribution >= 0.6 is 11.3 Å². The Morgan fingerprint density at radius 3 is 2.57 bits per heavy atom. The van der Waals surface area contributed by atoms with Gasteiger partial charge in [-0.2, -0.15) is 13.2 Å². The van der Waals surface area contributed by atoms with Crippen molar-refractivity contribution in [1.82, 2.24) is 9.97 Å². The van der Waals surface area contributed by atoms with E-state index in [1.54, 1.807) is 6.07 Å². The summed E-state index contributed by atoms with van der Waals surface area (Å²) in [6, 6.07) is 6.71. The van der Waals surface area contributed by atoms with Gasteiger partial charge in [0.05, 0.1) is 49.9 Å². The molecule has 0 unspecified atom stereocenters. The van der Waals surface area contributed by atoms with E-state index in [9.17, 15) is 18.0 Å². The van der Waals surface area contributed by atoms with Crippen molar-refractivity contribution in [2.45, 2.75) is 6.18 Å². The van der Waals surface area contributed by atoms with Crippen LogP contribution in [0.4, 0.5) is 41.1 Å². The predicted molar refractivity (Wildman–Crippen MR) is 125 cm³/mol. The third-order valence-corrected chi connectivity index (χ3v) is 5.97. The van der Waals surface area contributed by atoms with E-state index in [1.165, 1.54) is 25.8 Å². The van der Waals surface area contributed by atoms with Gasteiger partial charge in [0.25, 0.3) is 0 Å². The highest BCUT2D eigenvalue weighted by Gasteiger charge is 2.35.